The largest absolute Gasteiger partial charge is 0.357 e. The van der Waals surface area contributed by atoms with E-state index in [1.807, 2.05) is 39.6 Å². The van der Waals surface area contributed by atoms with E-state index in [9.17, 15) is 4.79 Å². The summed E-state index contributed by atoms with van der Waals surface area (Å²) in [6.45, 7) is 19.8. The molecule has 0 aromatic heterocycles. The third kappa shape index (κ3) is 12.7. The zero-order valence-corrected chi connectivity index (χ0v) is 20.7. The van der Waals surface area contributed by atoms with Crippen molar-refractivity contribution >= 4 is 35.8 Å². The minimum Gasteiger partial charge on any atom is -0.357 e. The number of likely N-dealkylation sites (N-methyl/N-ethyl adjacent to an activating group) is 1. The summed E-state index contributed by atoms with van der Waals surface area (Å²) in [5.41, 5.74) is -0.218. The smallest absolute Gasteiger partial charge is 0.240 e. The molecule has 0 spiro atoms. The van der Waals surface area contributed by atoms with Crippen LogP contribution in [0.5, 0.6) is 0 Å². The van der Waals surface area contributed by atoms with E-state index in [1.165, 1.54) is 0 Å². The molecule has 6 nitrogen and oxygen atoms in total. The molecule has 0 heterocycles. The molecular formula is C19H42IN5O. The summed E-state index contributed by atoms with van der Waals surface area (Å²) < 4.78 is 0. The molecule has 0 aliphatic heterocycles. The first-order valence-corrected chi connectivity index (χ1v) is 9.54. The van der Waals surface area contributed by atoms with E-state index in [-0.39, 0.29) is 35.4 Å². The number of hydrogen-bond acceptors (Lipinski definition) is 3. The number of aliphatic imine (C=N–C) groups is 1. The Kier molecular flexibility index (Phi) is 14.4. The fraction of sp³-hybridized carbons (Fsp3) is 0.895. The number of halogens is 1. The van der Waals surface area contributed by atoms with Gasteiger partial charge in [-0.2, -0.15) is 0 Å². The molecule has 0 fully saturated rings. The van der Waals surface area contributed by atoms with E-state index in [4.69, 9.17) is 0 Å². The van der Waals surface area contributed by atoms with Gasteiger partial charge in [-0.15, -0.1) is 24.0 Å². The lowest BCUT2D eigenvalue weighted by molar-refractivity contribution is -0.122. The van der Waals surface area contributed by atoms with Crippen LogP contribution in [0.25, 0.3) is 0 Å². The van der Waals surface area contributed by atoms with Crippen LogP contribution in [0.4, 0.5) is 0 Å². The van der Waals surface area contributed by atoms with Gasteiger partial charge in [0.15, 0.2) is 5.96 Å². The van der Waals surface area contributed by atoms with Crippen molar-refractivity contribution in [2.45, 2.75) is 79.4 Å². The second-order valence-electron chi connectivity index (χ2n) is 8.17. The Hall–Kier alpha value is -0.570. The maximum Gasteiger partial charge on any atom is 0.240 e. The molecular weight excluding hydrogens is 441 g/mol. The number of rotatable bonds is 9. The first-order chi connectivity index (χ1) is 11.5. The van der Waals surface area contributed by atoms with Crippen molar-refractivity contribution < 1.29 is 4.79 Å². The van der Waals surface area contributed by atoms with Crippen molar-refractivity contribution in [1.29, 1.82) is 0 Å². The highest BCUT2D eigenvalue weighted by atomic mass is 127. The molecule has 0 aromatic carbocycles. The highest BCUT2D eigenvalue weighted by Gasteiger charge is 2.17. The monoisotopic (exact) mass is 483 g/mol. The Morgan fingerprint density at radius 2 is 1.65 bits per heavy atom. The quantitative estimate of drug-likeness (QED) is 0.229. The standard InChI is InChI=1S/C19H41N5O.HI/c1-10-20-18(23(9)14-17(25)22-19(6,7)8)21-12-11-13-24(15(2)3)16(4)5;/h15-16H,10-14H2,1-9H3,(H,20,21)(H,22,25);1H. The predicted molar refractivity (Wildman–Crippen MR) is 124 cm³/mol. The molecule has 0 rings (SSSR count). The molecule has 0 aromatic rings. The van der Waals surface area contributed by atoms with Gasteiger partial charge in [0.25, 0.3) is 0 Å². The second-order valence-corrected chi connectivity index (χ2v) is 8.17. The van der Waals surface area contributed by atoms with Gasteiger partial charge >= 0.3 is 0 Å². The molecule has 0 saturated carbocycles. The van der Waals surface area contributed by atoms with Crippen molar-refractivity contribution in [3.8, 4) is 0 Å². The van der Waals surface area contributed by atoms with E-state index in [1.54, 1.807) is 0 Å². The number of nitrogens with one attached hydrogen (secondary N) is 2. The van der Waals surface area contributed by atoms with Gasteiger partial charge in [-0.3, -0.25) is 14.7 Å². The molecule has 156 valence electrons. The third-order valence-corrected chi connectivity index (χ3v) is 3.75. The molecule has 26 heavy (non-hydrogen) atoms. The molecule has 1 amide bonds. The van der Waals surface area contributed by atoms with Gasteiger partial charge in [0.2, 0.25) is 5.91 Å². The molecule has 0 atom stereocenters. The molecule has 0 aliphatic carbocycles. The van der Waals surface area contributed by atoms with Crippen LogP contribution in [0.3, 0.4) is 0 Å². The minimum atomic E-state index is -0.218. The maximum atomic E-state index is 12.1. The first-order valence-electron chi connectivity index (χ1n) is 9.54. The van der Waals surface area contributed by atoms with E-state index in [0.29, 0.717) is 18.6 Å². The summed E-state index contributed by atoms with van der Waals surface area (Å²) in [7, 11) is 1.90. The van der Waals surface area contributed by atoms with Crippen molar-refractivity contribution in [1.82, 2.24) is 20.4 Å². The number of hydrogen-bond donors (Lipinski definition) is 2. The van der Waals surface area contributed by atoms with Gasteiger partial charge in [0.1, 0.15) is 0 Å². The summed E-state index contributed by atoms with van der Waals surface area (Å²) >= 11 is 0. The Labute approximate surface area is 178 Å². The molecule has 0 saturated heterocycles. The highest BCUT2D eigenvalue weighted by Crippen LogP contribution is 2.06. The zero-order valence-electron chi connectivity index (χ0n) is 18.3. The number of carbonyl (C=O) groups is 1. The number of amides is 1. The van der Waals surface area contributed by atoms with Crippen LogP contribution in [0.1, 0.15) is 61.8 Å². The first kappa shape index (κ1) is 27.6. The maximum absolute atomic E-state index is 12.1. The lowest BCUT2D eigenvalue weighted by Gasteiger charge is -2.30. The Balaban J connectivity index is 0. The summed E-state index contributed by atoms with van der Waals surface area (Å²) in [5.74, 6) is 0.790. The minimum absolute atomic E-state index is 0. The van der Waals surface area contributed by atoms with Gasteiger partial charge in [0, 0.05) is 44.3 Å². The van der Waals surface area contributed by atoms with Crippen molar-refractivity contribution in [2.75, 3.05) is 33.2 Å². The fourth-order valence-electron chi connectivity index (χ4n) is 2.77. The second kappa shape index (κ2) is 13.6. The van der Waals surface area contributed by atoms with Crippen LogP contribution in [0.2, 0.25) is 0 Å². The van der Waals surface area contributed by atoms with Crippen LogP contribution in [0, 0.1) is 0 Å². The van der Waals surface area contributed by atoms with Crippen molar-refractivity contribution in [3.05, 3.63) is 0 Å². The molecule has 0 unspecified atom stereocenters. The fourth-order valence-corrected chi connectivity index (χ4v) is 2.77. The van der Waals surface area contributed by atoms with Gasteiger partial charge < -0.3 is 15.5 Å². The van der Waals surface area contributed by atoms with Crippen LogP contribution < -0.4 is 10.6 Å². The van der Waals surface area contributed by atoms with Crippen molar-refractivity contribution in [2.24, 2.45) is 4.99 Å². The highest BCUT2D eigenvalue weighted by molar-refractivity contribution is 14.0. The number of nitrogens with zero attached hydrogens (tertiary/aromatic N) is 3. The molecule has 0 bridgehead atoms. The summed E-state index contributed by atoms with van der Waals surface area (Å²) in [4.78, 5) is 21.1. The van der Waals surface area contributed by atoms with Crippen LogP contribution in [-0.4, -0.2) is 72.5 Å². The van der Waals surface area contributed by atoms with E-state index >= 15 is 0 Å². The third-order valence-electron chi connectivity index (χ3n) is 3.75. The van der Waals surface area contributed by atoms with Crippen LogP contribution in [0.15, 0.2) is 4.99 Å². The number of guanidine groups is 1. The SMILES string of the molecule is CCNC(=NCCCN(C(C)C)C(C)C)N(C)CC(=O)NC(C)(C)C.I. The van der Waals surface area contributed by atoms with Gasteiger partial charge in [-0.1, -0.05) is 0 Å². The van der Waals surface area contributed by atoms with E-state index < -0.39 is 0 Å². The Morgan fingerprint density at radius 3 is 2.08 bits per heavy atom. The van der Waals surface area contributed by atoms with Crippen LogP contribution in [-0.2, 0) is 4.79 Å². The van der Waals surface area contributed by atoms with Gasteiger partial charge in [0.05, 0.1) is 6.54 Å². The average Bonchev–Trinajstić information content (AvgIpc) is 2.42. The van der Waals surface area contributed by atoms with Crippen molar-refractivity contribution in [3.63, 3.8) is 0 Å². The molecule has 2 N–H and O–H groups in total. The zero-order chi connectivity index (χ0) is 19.6. The van der Waals surface area contributed by atoms with Gasteiger partial charge in [-0.25, -0.2) is 0 Å². The average molecular weight is 483 g/mol. The van der Waals surface area contributed by atoms with E-state index in [0.717, 1.165) is 32.0 Å². The van der Waals surface area contributed by atoms with Crippen LogP contribution >= 0.6 is 24.0 Å². The lowest BCUT2D eigenvalue weighted by atomic mass is 10.1. The molecule has 0 radical (unpaired) electrons. The Bertz CT molecular complexity index is 411. The summed E-state index contributed by atoms with van der Waals surface area (Å²) in [6, 6.07) is 1.09. The topological polar surface area (TPSA) is 60.0 Å². The summed E-state index contributed by atoms with van der Waals surface area (Å²) in [5, 5.41) is 6.25. The normalized spacial score (nSPS) is 12.4. The predicted octanol–water partition coefficient (Wildman–Crippen LogP) is 2.93. The Morgan fingerprint density at radius 1 is 1.12 bits per heavy atom. The lowest BCUT2D eigenvalue weighted by Crippen LogP contribution is -2.48. The summed E-state index contributed by atoms with van der Waals surface area (Å²) in [6.07, 6.45) is 1.01. The van der Waals surface area contributed by atoms with Gasteiger partial charge in [-0.05, 0) is 61.8 Å². The number of carbonyl (C=O) groups excluding carboxylic acids is 1. The van der Waals surface area contributed by atoms with E-state index in [2.05, 4.69) is 48.2 Å². The molecule has 0 aliphatic rings. The molecule has 7 heteroatoms.